The van der Waals surface area contributed by atoms with E-state index in [9.17, 15) is 0 Å². The van der Waals surface area contributed by atoms with E-state index in [1.165, 1.54) is 14.2 Å². The molecule has 0 unspecified atom stereocenters. The van der Waals surface area contributed by atoms with Crippen molar-refractivity contribution in [2.45, 2.75) is 13.3 Å². The summed E-state index contributed by atoms with van der Waals surface area (Å²) in [5.41, 5.74) is 9.96. The third kappa shape index (κ3) is 4.56. The Balaban J connectivity index is 1.88. The average Bonchev–Trinajstić information content (AvgIpc) is 2.72. The van der Waals surface area contributed by atoms with E-state index in [1.54, 1.807) is 18.5 Å². The van der Waals surface area contributed by atoms with Gasteiger partial charge in [-0.15, -0.1) is 0 Å². The molecule has 0 fully saturated rings. The standard InChI is InChI=1S/C22H19Cl2N3O2/c1-13-5-4-6-17(25)16(13)9-20-26-11-14(12-27-20)7-8-15-21(23)18(28-2)10-19(29-3)22(15)24/h4-6,10-12H,9,25H2,1-3H3. The van der Waals surface area contributed by atoms with Gasteiger partial charge in [0.2, 0.25) is 0 Å². The van der Waals surface area contributed by atoms with Gasteiger partial charge in [0.1, 0.15) is 17.3 Å². The van der Waals surface area contributed by atoms with Crippen LogP contribution < -0.4 is 15.2 Å². The topological polar surface area (TPSA) is 70.3 Å². The van der Waals surface area contributed by atoms with E-state index in [4.69, 9.17) is 38.4 Å². The van der Waals surface area contributed by atoms with Crippen molar-refractivity contribution < 1.29 is 9.47 Å². The molecule has 0 saturated carbocycles. The number of ether oxygens (including phenoxy) is 2. The maximum atomic E-state index is 6.34. The fourth-order valence-electron chi connectivity index (χ4n) is 2.77. The lowest BCUT2D eigenvalue weighted by Crippen LogP contribution is -2.02. The van der Waals surface area contributed by atoms with Crippen molar-refractivity contribution in [2.75, 3.05) is 20.0 Å². The van der Waals surface area contributed by atoms with Gasteiger partial charge in [-0.05, 0) is 24.1 Å². The number of nitrogens with zero attached hydrogens (tertiary/aromatic N) is 2. The molecule has 0 aliphatic heterocycles. The van der Waals surface area contributed by atoms with Crippen LogP contribution in [-0.4, -0.2) is 24.2 Å². The number of nitrogen functional groups attached to an aromatic ring is 1. The Kier molecular flexibility index (Phi) is 6.48. The van der Waals surface area contributed by atoms with Gasteiger partial charge in [0.25, 0.3) is 0 Å². The van der Waals surface area contributed by atoms with Gasteiger partial charge >= 0.3 is 0 Å². The zero-order chi connectivity index (χ0) is 21.0. The van der Waals surface area contributed by atoms with E-state index >= 15 is 0 Å². The smallest absolute Gasteiger partial charge is 0.142 e. The van der Waals surface area contributed by atoms with Crippen LogP contribution in [-0.2, 0) is 6.42 Å². The second kappa shape index (κ2) is 9.04. The zero-order valence-electron chi connectivity index (χ0n) is 16.2. The summed E-state index contributed by atoms with van der Waals surface area (Å²) in [5, 5.41) is 0.636. The molecule has 148 valence electrons. The summed E-state index contributed by atoms with van der Waals surface area (Å²) in [4.78, 5) is 8.79. The highest BCUT2D eigenvalue weighted by atomic mass is 35.5. The molecule has 1 heterocycles. The highest BCUT2D eigenvalue weighted by Gasteiger charge is 2.15. The summed E-state index contributed by atoms with van der Waals surface area (Å²) in [7, 11) is 3.03. The Bertz CT molecular complexity index is 1060. The number of hydrogen-bond acceptors (Lipinski definition) is 5. The lowest BCUT2D eigenvalue weighted by molar-refractivity contribution is 0.394. The summed E-state index contributed by atoms with van der Waals surface area (Å²) < 4.78 is 10.5. The van der Waals surface area contributed by atoms with Gasteiger partial charge in [0, 0.05) is 30.6 Å². The van der Waals surface area contributed by atoms with Gasteiger partial charge in [0.15, 0.2) is 0 Å². The molecule has 2 aromatic carbocycles. The van der Waals surface area contributed by atoms with Gasteiger partial charge < -0.3 is 15.2 Å². The zero-order valence-corrected chi connectivity index (χ0v) is 17.7. The first kappa shape index (κ1) is 20.8. The Morgan fingerprint density at radius 3 is 2.17 bits per heavy atom. The predicted molar refractivity (Wildman–Crippen MR) is 116 cm³/mol. The fraction of sp³-hybridized carbons (Fsp3) is 0.182. The number of nitrogens with two attached hydrogens (primary N) is 1. The quantitative estimate of drug-likeness (QED) is 0.483. The van der Waals surface area contributed by atoms with Crippen molar-refractivity contribution in [2.24, 2.45) is 0 Å². The van der Waals surface area contributed by atoms with Gasteiger partial charge in [-0.25, -0.2) is 9.97 Å². The van der Waals surface area contributed by atoms with Crippen LogP contribution >= 0.6 is 23.2 Å². The highest BCUT2D eigenvalue weighted by molar-refractivity contribution is 6.38. The van der Waals surface area contributed by atoms with Crippen molar-refractivity contribution in [3.63, 3.8) is 0 Å². The van der Waals surface area contributed by atoms with Crippen LogP contribution in [0.25, 0.3) is 0 Å². The minimum Gasteiger partial charge on any atom is -0.495 e. The average molecular weight is 428 g/mol. The van der Waals surface area contributed by atoms with Gasteiger partial charge in [-0.3, -0.25) is 0 Å². The Labute approximate surface area is 179 Å². The SMILES string of the molecule is COc1cc(OC)c(Cl)c(C#Cc2cnc(Cc3c(C)cccc3N)nc2)c1Cl. The molecule has 0 spiro atoms. The number of rotatable bonds is 4. The fourth-order valence-corrected chi connectivity index (χ4v) is 3.36. The first-order valence-electron chi connectivity index (χ1n) is 8.71. The molecule has 0 bridgehead atoms. The molecular weight excluding hydrogens is 409 g/mol. The van der Waals surface area contributed by atoms with E-state index in [2.05, 4.69) is 21.8 Å². The van der Waals surface area contributed by atoms with Crippen LogP contribution in [0.2, 0.25) is 10.0 Å². The van der Waals surface area contributed by atoms with Gasteiger partial charge in [-0.2, -0.15) is 0 Å². The molecule has 3 rings (SSSR count). The Morgan fingerprint density at radius 1 is 1.00 bits per heavy atom. The molecule has 1 aromatic heterocycles. The largest absolute Gasteiger partial charge is 0.495 e. The molecule has 0 radical (unpaired) electrons. The molecule has 3 aromatic rings. The predicted octanol–water partition coefficient (Wildman–Crippen LogP) is 4.68. The van der Waals surface area contributed by atoms with Crippen molar-refractivity contribution in [3.05, 3.63) is 74.8 Å². The third-order valence-electron chi connectivity index (χ3n) is 4.39. The van der Waals surface area contributed by atoms with Crippen molar-refractivity contribution >= 4 is 28.9 Å². The molecule has 0 aliphatic rings. The highest BCUT2D eigenvalue weighted by Crippen LogP contribution is 2.39. The molecule has 0 saturated heterocycles. The van der Waals surface area contributed by atoms with Crippen LogP contribution in [0.15, 0.2) is 36.7 Å². The maximum absolute atomic E-state index is 6.34. The van der Waals surface area contributed by atoms with E-state index in [-0.39, 0.29) is 0 Å². The van der Waals surface area contributed by atoms with Crippen LogP contribution in [0.4, 0.5) is 5.69 Å². The Morgan fingerprint density at radius 2 is 1.62 bits per heavy atom. The molecule has 2 N–H and O–H groups in total. The minimum atomic E-state index is 0.318. The number of benzene rings is 2. The van der Waals surface area contributed by atoms with E-state index in [0.29, 0.717) is 44.9 Å². The van der Waals surface area contributed by atoms with Gasteiger partial charge in [-0.1, -0.05) is 47.2 Å². The Hall–Kier alpha value is -2.94. The second-order valence-electron chi connectivity index (χ2n) is 6.24. The number of hydrogen-bond donors (Lipinski definition) is 1. The van der Waals surface area contributed by atoms with E-state index < -0.39 is 0 Å². The molecular formula is C22H19Cl2N3O2. The summed E-state index contributed by atoms with van der Waals surface area (Å²) in [6.45, 7) is 2.02. The summed E-state index contributed by atoms with van der Waals surface area (Å²) >= 11 is 12.7. The van der Waals surface area contributed by atoms with Crippen molar-refractivity contribution in [3.8, 4) is 23.3 Å². The first-order valence-corrected chi connectivity index (χ1v) is 9.47. The molecule has 29 heavy (non-hydrogen) atoms. The molecule has 5 nitrogen and oxygen atoms in total. The first-order chi connectivity index (χ1) is 13.9. The molecule has 0 aliphatic carbocycles. The summed E-state index contributed by atoms with van der Waals surface area (Å²) in [6.07, 6.45) is 3.86. The minimum absolute atomic E-state index is 0.318. The maximum Gasteiger partial charge on any atom is 0.142 e. The number of aryl methyl sites for hydroxylation is 1. The normalized spacial score (nSPS) is 10.2. The molecule has 0 amide bonds. The lowest BCUT2D eigenvalue weighted by atomic mass is 10.0. The second-order valence-corrected chi connectivity index (χ2v) is 7.00. The lowest BCUT2D eigenvalue weighted by Gasteiger charge is -2.10. The summed E-state index contributed by atoms with van der Waals surface area (Å²) in [5.74, 6) is 7.46. The monoisotopic (exact) mass is 427 g/mol. The molecule has 7 heteroatoms. The van der Waals surface area contributed by atoms with Crippen LogP contribution in [0.3, 0.4) is 0 Å². The van der Waals surface area contributed by atoms with Crippen molar-refractivity contribution in [1.29, 1.82) is 0 Å². The van der Waals surface area contributed by atoms with Crippen molar-refractivity contribution in [1.82, 2.24) is 9.97 Å². The summed E-state index contributed by atoms with van der Waals surface area (Å²) in [6, 6.07) is 7.43. The van der Waals surface area contributed by atoms with E-state index in [1.807, 2.05) is 25.1 Å². The third-order valence-corrected chi connectivity index (χ3v) is 5.14. The number of halogens is 2. The number of anilines is 1. The van der Waals surface area contributed by atoms with Gasteiger partial charge in [0.05, 0.1) is 35.4 Å². The number of aromatic nitrogens is 2. The number of methoxy groups -OCH3 is 2. The van der Waals surface area contributed by atoms with Crippen LogP contribution in [0.5, 0.6) is 11.5 Å². The van der Waals surface area contributed by atoms with E-state index in [0.717, 1.165) is 16.8 Å². The molecule has 0 atom stereocenters. The van der Waals surface area contributed by atoms with Crippen LogP contribution in [0.1, 0.15) is 28.1 Å². The van der Waals surface area contributed by atoms with Crippen LogP contribution in [0, 0.1) is 18.8 Å².